The van der Waals surface area contributed by atoms with Gasteiger partial charge < -0.3 is 4.90 Å². The van der Waals surface area contributed by atoms with Crippen LogP contribution in [0.4, 0.5) is 5.69 Å². The molecule has 4 nitrogen and oxygen atoms in total. The Kier molecular flexibility index (Phi) is 4.13. The molecule has 0 saturated carbocycles. The van der Waals surface area contributed by atoms with Crippen LogP contribution in [-0.4, -0.2) is 36.1 Å². The van der Waals surface area contributed by atoms with E-state index in [1.807, 2.05) is 36.7 Å². The number of benzene rings is 1. The molecular weight excluding hydrogens is 260 g/mol. The van der Waals surface area contributed by atoms with Gasteiger partial charge in [-0.1, -0.05) is 12.1 Å². The average Bonchev–Trinajstić information content (AvgIpc) is 2.56. The van der Waals surface area contributed by atoms with Gasteiger partial charge in [0, 0.05) is 45.1 Å². The van der Waals surface area contributed by atoms with Gasteiger partial charge in [0.2, 0.25) is 0 Å². The number of nitriles is 1. The molecule has 106 valence electrons. The van der Waals surface area contributed by atoms with Crippen LogP contribution in [0.3, 0.4) is 0 Å². The van der Waals surface area contributed by atoms with Crippen molar-refractivity contribution >= 4 is 5.69 Å². The second-order valence-corrected chi connectivity index (χ2v) is 5.25. The van der Waals surface area contributed by atoms with E-state index in [2.05, 4.69) is 33.0 Å². The van der Waals surface area contributed by atoms with Gasteiger partial charge in [-0.15, -0.1) is 0 Å². The second-order valence-electron chi connectivity index (χ2n) is 5.25. The van der Waals surface area contributed by atoms with E-state index < -0.39 is 0 Å². The summed E-state index contributed by atoms with van der Waals surface area (Å²) in [6.07, 6.45) is 3.68. The highest BCUT2D eigenvalue weighted by Gasteiger charge is 2.18. The molecule has 3 rings (SSSR count). The van der Waals surface area contributed by atoms with Crippen LogP contribution >= 0.6 is 0 Å². The first kappa shape index (κ1) is 13.6. The molecule has 0 amide bonds. The van der Waals surface area contributed by atoms with Crippen LogP contribution in [0.5, 0.6) is 0 Å². The van der Waals surface area contributed by atoms with E-state index in [0.29, 0.717) is 0 Å². The first-order chi connectivity index (χ1) is 10.4. The number of nitrogens with zero attached hydrogens (tertiary/aromatic N) is 4. The Hall–Kier alpha value is -2.38. The summed E-state index contributed by atoms with van der Waals surface area (Å²) in [7, 11) is 0. The van der Waals surface area contributed by atoms with Crippen LogP contribution in [0.25, 0.3) is 0 Å². The molecule has 1 aliphatic heterocycles. The van der Waals surface area contributed by atoms with Crippen LogP contribution in [0, 0.1) is 11.3 Å². The zero-order chi connectivity index (χ0) is 14.5. The molecule has 0 spiro atoms. The van der Waals surface area contributed by atoms with Crippen molar-refractivity contribution in [2.75, 3.05) is 31.1 Å². The van der Waals surface area contributed by atoms with Gasteiger partial charge in [0.15, 0.2) is 0 Å². The fourth-order valence-electron chi connectivity index (χ4n) is 2.74. The SMILES string of the molecule is N#Cc1ccccc1N1CCN(Cc2ccncc2)CC1. The van der Waals surface area contributed by atoms with Crippen molar-refractivity contribution in [3.63, 3.8) is 0 Å². The van der Waals surface area contributed by atoms with Crippen LogP contribution in [0.15, 0.2) is 48.8 Å². The molecule has 1 fully saturated rings. The molecule has 0 N–H and O–H groups in total. The zero-order valence-electron chi connectivity index (χ0n) is 11.9. The molecule has 0 radical (unpaired) electrons. The summed E-state index contributed by atoms with van der Waals surface area (Å²) >= 11 is 0. The minimum Gasteiger partial charge on any atom is -0.368 e. The number of hydrogen-bond donors (Lipinski definition) is 0. The van der Waals surface area contributed by atoms with Crippen molar-refractivity contribution in [1.82, 2.24) is 9.88 Å². The standard InChI is InChI=1S/C17H18N4/c18-13-16-3-1-2-4-17(16)21-11-9-20(10-12-21)14-15-5-7-19-8-6-15/h1-8H,9-12,14H2. The van der Waals surface area contributed by atoms with Crippen LogP contribution in [-0.2, 0) is 6.54 Å². The van der Waals surface area contributed by atoms with Crippen molar-refractivity contribution in [3.8, 4) is 6.07 Å². The third kappa shape index (κ3) is 3.21. The lowest BCUT2D eigenvalue weighted by Crippen LogP contribution is -2.46. The number of hydrogen-bond acceptors (Lipinski definition) is 4. The Balaban J connectivity index is 1.62. The number of aromatic nitrogens is 1. The summed E-state index contributed by atoms with van der Waals surface area (Å²) in [6, 6.07) is 14.3. The molecule has 0 aliphatic carbocycles. The predicted octanol–water partition coefficient (Wildman–Crippen LogP) is 2.28. The van der Waals surface area contributed by atoms with Crippen molar-refractivity contribution in [3.05, 3.63) is 59.9 Å². The van der Waals surface area contributed by atoms with Crippen molar-refractivity contribution < 1.29 is 0 Å². The van der Waals surface area contributed by atoms with E-state index in [4.69, 9.17) is 0 Å². The molecule has 0 atom stereocenters. The highest BCUT2D eigenvalue weighted by atomic mass is 15.3. The minimum absolute atomic E-state index is 0.764. The molecule has 1 aromatic heterocycles. The van der Waals surface area contributed by atoms with Gasteiger partial charge in [-0.2, -0.15) is 5.26 Å². The molecule has 0 unspecified atom stereocenters. The molecule has 0 bridgehead atoms. The molecule has 4 heteroatoms. The minimum atomic E-state index is 0.764. The van der Waals surface area contributed by atoms with Gasteiger partial charge in [0.1, 0.15) is 6.07 Å². The van der Waals surface area contributed by atoms with Crippen LogP contribution in [0.2, 0.25) is 0 Å². The Labute approximate surface area is 125 Å². The monoisotopic (exact) mass is 278 g/mol. The quantitative estimate of drug-likeness (QED) is 0.864. The molecule has 2 aromatic rings. The first-order valence-electron chi connectivity index (χ1n) is 7.22. The highest BCUT2D eigenvalue weighted by Crippen LogP contribution is 2.21. The van der Waals surface area contributed by atoms with E-state index in [9.17, 15) is 5.26 Å². The molecule has 1 aromatic carbocycles. The number of pyridine rings is 1. The molecule has 21 heavy (non-hydrogen) atoms. The third-order valence-electron chi connectivity index (χ3n) is 3.89. The molecule has 2 heterocycles. The summed E-state index contributed by atoms with van der Waals surface area (Å²) in [5.41, 5.74) is 3.12. The van der Waals surface area contributed by atoms with Crippen LogP contribution < -0.4 is 4.90 Å². The van der Waals surface area contributed by atoms with Crippen molar-refractivity contribution in [1.29, 1.82) is 5.26 Å². The normalized spacial score (nSPS) is 15.7. The van der Waals surface area contributed by atoms with E-state index in [0.717, 1.165) is 44.0 Å². The van der Waals surface area contributed by atoms with E-state index in [1.54, 1.807) is 0 Å². The Morgan fingerprint density at radius 2 is 1.71 bits per heavy atom. The Morgan fingerprint density at radius 1 is 1.00 bits per heavy atom. The molecular formula is C17H18N4. The van der Waals surface area contributed by atoms with Gasteiger partial charge in [-0.25, -0.2) is 0 Å². The maximum atomic E-state index is 9.20. The van der Waals surface area contributed by atoms with Crippen LogP contribution in [0.1, 0.15) is 11.1 Å². The maximum absolute atomic E-state index is 9.20. The topological polar surface area (TPSA) is 43.2 Å². The third-order valence-corrected chi connectivity index (χ3v) is 3.89. The maximum Gasteiger partial charge on any atom is 0.101 e. The van der Waals surface area contributed by atoms with E-state index in [-0.39, 0.29) is 0 Å². The summed E-state index contributed by atoms with van der Waals surface area (Å²) in [6.45, 7) is 4.92. The fraction of sp³-hybridized carbons (Fsp3) is 0.294. The van der Waals surface area contributed by atoms with E-state index >= 15 is 0 Å². The number of para-hydroxylation sites is 1. The van der Waals surface area contributed by atoms with Gasteiger partial charge in [-0.05, 0) is 29.8 Å². The van der Waals surface area contributed by atoms with E-state index in [1.165, 1.54) is 5.56 Å². The van der Waals surface area contributed by atoms with Gasteiger partial charge in [0.25, 0.3) is 0 Å². The van der Waals surface area contributed by atoms with Gasteiger partial charge >= 0.3 is 0 Å². The average molecular weight is 278 g/mol. The lowest BCUT2D eigenvalue weighted by molar-refractivity contribution is 0.250. The Morgan fingerprint density at radius 3 is 2.43 bits per heavy atom. The lowest BCUT2D eigenvalue weighted by Gasteiger charge is -2.36. The summed E-state index contributed by atoms with van der Waals surface area (Å²) in [5, 5.41) is 9.20. The molecule has 1 saturated heterocycles. The fourth-order valence-corrected chi connectivity index (χ4v) is 2.74. The second kappa shape index (κ2) is 6.38. The number of anilines is 1. The predicted molar refractivity (Wildman–Crippen MR) is 82.9 cm³/mol. The summed E-state index contributed by atoms with van der Waals surface area (Å²) in [4.78, 5) is 8.80. The zero-order valence-corrected chi connectivity index (χ0v) is 11.9. The summed E-state index contributed by atoms with van der Waals surface area (Å²) < 4.78 is 0. The smallest absolute Gasteiger partial charge is 0.101 e. The molecule has 1 aliphatic rings. The summed E-state index contributed by atoms with van der Waals surface area (Å²) in [5.74, 6) is 0. The van der Waals surface area contributed by atoms with Gasteiger partial charge in [-0.3, -0.25) is 9.88 Å². The lowest BCUT2D eigenvalue weighted by atomic mass is 10.1. The van der Waals surface area contributed by atoms with Crippen molar-refractivity contribution in [2.24, 2.45) is 0 Å². The highest BCUT2D eigenvalue weighted by molar-refractivity contribution is 5.59. The number of rotatable bonds is 3. The Bertz CT molecular complexity index is 625. The number of piperazine rings is 1. The largest absolute Gasteiger partial charge is 0.368 e. The first-order valence-corrected chi connectivity index (χ1v) is 7.22. The van der Waals surface area contributed by atoms with Gasteiger partial charge in [0.05, 0.1) is 11.3 Å². The van der Waals surface area contributed by atoms with Crippen molar-refractivity contribution in [2.45, 2.75) is 6.54 Å².